The van der Waals surface area contributed by atoms with Crippen molar-refractivity contribution in [3.63, 3.8) is 0 Å². The van der Waals surface area contributed by atoms with Crippen LogP contribution < -0.4 is 4.74 Å². The maximum Gasteiger partial charge on any atom is 0.243 e. The van der Waals surface area contributed by atoms with Gasteiger partial charge in [-0.15, -0.1) is 0 Å². The molecule has 2 aliphatic rings. The van der Waals surface area contributed by atoms with Crippen molar-refractivity contribution in [2.45, 2.75) is 36.7 Å². The predicted molar refractivity (Wildman–Crippen MR) is 81.1 cm³/mol. The standard InChI is InChI=1S/C16H16N2O3S/c19-22(20)16-7-6-14(21-15-5-2-8-17-10-15)9-12(16)11-18(22)13-3-1-4-13/h2,5-10,13H,1,3-4,11H2. The molecule has 1 aromatic carbocycles. The molecule has 0 atom stereocenters. The van der Waals surface area contributed by atoms with Crippen molar-refractivity contribution in [1.82, 2.24) is 9.29 Å². The average molecular weight is 316 g/mol. The van der Waals surface area contributed by atoms with Crippen LogP contribution in [0.5, 0.6) is 11.5 Å². The summed E-state index contributed by atoms with van der Waals surface area (Å²) in [6.45, 7) is 0.451. The highest BCUT2D eigenvalue weighted by Gasteiger charge is 2.41. The van der Waals surface area contributed by atoms with Gasteiger partial charge >= 0.3 is 0 Å². The highest BCUT2D eigenvalue weighted by atomic mass is 32.2. The minimum Gasteiger partial charge on any atom is -0.456 e. The fourth-order valence-corrected chi connectivity index (χ4v) is 4.78. The van der Waals surface area contributed by atoms with Crippen molar-refractivity contribution in [2.75, 3.05) is 0 Å². The summed E-state index contributed by atoms with van der Waals surface area (Å²) in [6, 6.07) is 8.95. The molecule has 1 fully saturated rings. The van der Waals surface area contributed by atoms with E-state index in [-0.39, 0.29) is 6.04 Å². The van der Waals surface area contributed by atoms with Crippen LogP contribution in [-0.2, 0) is 16.6 Å². The third-order valence-corrected chi connectivity index (χ3v) is 6.30. The SMILES string of the molecule is O=S1(=O)c2ccc(Oc3cccnc3)cc2CN1C1CCC1. The van der Waals surface area contributed by atoms with Gasteiger partial charge in [0, 0.05) is 18.8 Å². The molecule has 0 amide bonds. The molecule has 0 radical (unpaired) electrons. The number of aromatic nitrogens is 1. The molecular formula is C16H16N2O3S. The molecule has 0 saturated heterocycles. The second-order valence-corrected chi connectivity index (χ2v) is 7.55. The molecule has 1 aromatic heterocycles. The number of benzene rings is 1. The second kappa shape index (κ2) is 5.07. The number of pyridine rings is 1. The summed E-state index contributed by atoms with van der Waals surface area (Å²) in [7, 11) is -3.33. The second-order valence-electron chi connectivity index (χ2n) is 5.70. The molecule has 1 aliphatic carbocycles. The van der Waals surface area contributed by atoms with Gasteiger partial charge in [0.15, 0.2) is 0 Å². The highest BCUT2D eigenvalue weighted by Crippen LogP contribution is 2.39. The van der Waals surface area contributed by atoms with Crippen LogP contribution in [0.25, 0.3) is 0 Å². The summed E-state index contributed by atoms with van der Waals surface area (Å²) in [5.41, 5.74) is 0.813. The van der Waals surface area contributed by atoms with Crippen LogP contribution in [0.1, 0.15) is 24.8 Å². The van der Waals surface area contributed by atoms with Crippen LogP contribution >= 0.6 is 0 Å². The number of ether oxygens (including phenoxy) is 1. The van der Waals surface area contributed by atoms with E-state index in [4.69, 9.17) is 4.74 Å². The molecule has 2 aromatic rings. The van der Waals surface area contributed by atoms with Gasteiger partial charge in [-0.3, -0.25) is 4.98 Å². The molecule has 2 heterocycles. The van der Waals surface area contributed by atoms with Crippen molar-refractivity contribution in [1.29, 1.82) is 0 Å². The molecule has 22 heavy (non-hydrogen) atoms. The first-order valence-corrected chi connectivity index (χ1v) is 8.81. The number of sulfonamides is 1. The van der Waals surface area contributed by atoms with E-state index in [1.165, 1.54) is 0 Å². The van der Waals surface area contributed by atoms with Gasteiger partial charge in [0.05, 0.1) is 11.1 Å². The Morgan fingerprint density at radius 1 is 1.18 bits per heavy atom. The lowest BCUT2D eigenvalue weighted by Crippen LogP contribution is -2.40. The Morgan fingerprint density at radius 2 is 2.05 bits per heavy atom. The van der Waals surface area contributed by atoms with Gasteiger partial charge in [-0.2, -0.15) is 4.31 Å². The van der Waals surface area contributed by atoms with Crippen LogP contribution in [0.4, 0.5) is 0 Å². The zero-order chi connectivity index (χ0) is 15.2. The van der Waals surface area contributed by atoms with E-state index in [1.54, 1.807) is 34.9 Å². The van der Waals surface area contributed by atoms with Gasteiger partial charge in [-0.05, 0) is 48.7 Å². The van der Waals surface area contributed by atoms with Gasteiger partial charge < -0.3 is 4.74 Å². The van der Waals surface area contributed by atoms with Crippen LogP contribution in [-0.4, -0.2) is 23.7 Å². The third kappa shape index (κ3) is 2.19. The number of fused-ring (bicyclic) bond motifs is 1. The van der Waals surface area contributed by atoms with Crippen molar-refractivity contribution >= 4 is 10.0 Å². The monoisotopic (exact) mass is 316 g/mol. The Kier molecular flexibility index (Phi) is 3.16. The average Bonchev–Trinajstić information content (AvgIpc) is 2.70. The summed E-state index contributed by atoms with van der Waals surface area (Å²) >= 11 is 0. The maximum atomic E-state index is 12.6. The number of rotatable bonds is 3. The van der Waals surface area contributed by atoms with Gasteiger partial charge in [-0.25, -0.2) is 8.42 Å². The fraction of sp³-hybridized carbons (Fsp3) is 0.312. The third-order valence-electron chi connectivity index (χ3n) is 4.30. The van der Waals surface area contributed by atoms with Crippen molar-refractivity contribution < 1.29 is 13.2 Å². The van der Waals surface area contributed by atoms with E-state index in [1.807, 2.05) is 12.1 Å². The van der Waals surface area contributed by atoms with E-state index in [0.29, 0.717) is 22.9 Å². The smallest absolute Gasteiger partial charge is 0.243 e. The zero-order valence-electron chi connectivity index (χ0n) is 12.0. The van der Waals surface area contributed by atoms with E-state index in [0.717, 1.165) is 24.8 Å². The first-order valence-electron chi connectivity index (χ1n) is 7.37. The van der Waals surface area contributed by atoms with E-state index in [2.05, 4.69) is 4.98 Å². The van der Waals surface area contributed by atoms with E-state index in [9.17, 15) is 8.42 Å². The van der Waals surface area contributed by atoms with Crippen molar-refractivity contribution in [3.8, 4) is 11.5 Å². The lowest BCUT2D eigenvalue weighted by molar-refractivity contribution is 0.221. The molecule has 0 bridgehead atoms. The quantitative estimate of drug-likeness (QED) is 0.873. The van der Waals surface area contributed by atoms with Gasteiger partial charge in [0.25, 0.3) is 0 Å². The molecule has 5 nitrogen and oxygen atoms in total. The molecule has 6 heteroatoms. The van der Waals surface area contributed by atoms with E-state index >= 15 is 0 Å². The Hall–Kier alpha value is -1.92. The molecule has 1 aliphatic heterocycles. The summed E-state index contributed by atoms with van der Waals surface area (Å²) in [5, 5.41) is 0. The topological polar surface area (TPSA) is 59.5 Å². The number of nitrogens with zero attached hydrogens (tertiary/aromatic N) is 2. The van der Waals surface area contributed by atoms with Crippen molar-refractivity contribution in [3.05, 3.63) is 48.3 Å². The molecule has 114 valence electrons. The van der Waals surface area contributed by atoms with Gasteiger partial charge in [0.2, 0.25) is 10.0 Å². The number of hydrogen-bond acceptors (Lipinski definition) is 4. The molecule has 1 saturated carbocycles. The minimum absolute atomic E-state index is 0.167. The molecule has 0 spiro atoms. The van der Waals surface area contributed by atoms with Crippen LogP contribution in [0.3, 0.4) is 0 Å². The first kappa shape index (κ1) is 13.7. The largest absolute Gasteiger partial charge is 0.456 e. The minimum atomic E-state index is -3.33. The number of hydrogen-bond donors (Lipinski definition) is 0. The maximum absolute atomic E-state index is 12.6. The Bertz CT molecular complexity index is 801. The summed E-state index contributed by atoms with van der Waals surface area (Å²) in [6.07, 6.45) is 6.35. The molecule has 4 rings (SSSR count). The Morgan fingerprint density at radius 3 is 2.73 bits per heavy atom. The van der Waals surface area contributed by atoms with Crippen LogP contribution in [0.2, 0.25) is 0 Å². The molecule has 0 N–H and O–H groups in total. The van der Waals surface area contributed by atoms with Gasteiger partial charge in [0.1, 0.15) is 11.5 Å². The molecule has 0 unspecified atom stereocenters. The van der Waals surface area contributed by atoms with E-state index < -0.39 is 10.0 Å². The van der Waals surface area contributed by atoms with Crippen LogP contribution in [0, 0.1) is 0 Å². The van der Waals surface area contributed by atoms with Crippen molar-refractivity contribution in [2.24, 2.45) is 0 Å². The Balaban J connectivity index is 1.64. The lowest BCUT2D eigenvalue weighted by Gasteiger charge is -2.33. The molecular weight excluding hydrogens is 300 g/mol. The fourth-order valence-electron chi connectivity index (χ4n) is 2.92. The highest BCUT2D eigenvalue weighted by molar-refractivity contribution is 7.89. The summed E-state index contributed by atoms with van der Waals surface area (Å²) < 4.78 is 32.5. The Labute approximate surface area is 129 Å². The summed E-state index contributed by atoms with van der Waals surface area (Å²) in [5.74, 6) is 1.27. The predicted octanol–water partition coefficient (Wildman–Crippen LogP) is 2.93. The van der Waals surface area contributed by atoms with Crippen LogP contribution in [0.15, 0.2) is 47.6 Å². The zero-order valence-corrected chi connectivity index (χ0v) is 12.8. The first-order chi connectivity index (χ1) is 10.6. The summed E-state index contributed by atoms with van der Waals surface area (Å²) in [4.78, 5) is 4.42. The lowest BCUT2D eigenvalue weighted by atomic mass is 9.93. The van der Waals surface area contributed by atoms with Gasteiger partial charge in [-0.1, -0.05) is 6.42 Å². The normalized spacial score (nSPS) is 20.4.